The first-order valence-corrected chi connectivity index (χ1v) is 3.63. The topological polar surface area (TPSA) is 64.1 Å². The van der Waals surface area contributed by atoms with Crippen molar-refractivity contribution in [2.24, 2.45) is 0 Å². The van der Waals surface area contributed by atoms with Crippen LogP contribution in [0.25, 0.3) is 6.20 Å². The quantitative estimate of drug-likeness (QED) is 0.672. The van der Waals surface area contributed by atoms with Crippen LogP contribution in [0.1, 0.15) is 16.1 Å². The van der Waals surface area contributed by atoms with Crippen LogP contribution in [0.2, 0.25) is 0 Å². The SMILES string of the molecule is C=Cn1[nH]c(C(=O)OC)c(C)c1=O. The molecule has 70 valence electrons. The minimum absolute atomic E-state index is 0.160. The predicted molar refractivity (Wildman–Crippen MR) is 47.5 cm³/mol. The number of aromatic nitrogens is 2. The van der Waals surface area contributed by atoms with Gasteiger partial charge in [0.1, 0.15) is 5.69 Å². The van der Waals surface area contributed by atoms with Gasteiger partial charge in [-0.05, 0) is 6.92 Å². The maximum Gasteiger partial charge on any atom is 0.356 e. The molecule has 0 saturated heterocycles. The number of aromatic amines is 1. The molecule has 0 aliphatic heterocycles. The van der Waals surface area contributed by atoms with Crippen LogP contribution >= 0.6 is 0 Å². The van der Waals surface area contributed by atoms with Crippen molar-refractivity contribution in [2.75, 3.05) is 7.11 Å². The van der Waals surface area contributed by atoms with Gasteiger partial charge in [-0.1, -0.05) is 6.58 Å². The molecule has 0 amide bonds. The molecular formula is C8H10N2O3. The van der Waals surface area contributed by atoms with Crippen molar-refractivity contribution in [1.29, 1.82) is 0 Å². The van der Waals surface area contributed by atoms with Crippen LogP contribution in [-0.2, 0) is 4.74 Å². The summed E-state index contributed by atoms with van der Waals surface area (Å²) >= 11 is 0. The van der Waals surface area contributed by atoms with Crippen molar-refractivity contribution >= 4 is 12.2 Å². The molecule has 0 atom stereocenters. The molecule has 1 aromatic heterocycles. The molecule has 1 aromatic rings. The third-order valence-corrected chi connectivity index (χ3v) is 1.72. The molecule has 0 fully saturated rings. The van der Waals surface area contributed by atoms with E-state index in [0.717, 1.165) is 4.68 Å². The largest absolute Gasteiger partial charge is 0.464 e. The van der Waals surface area contributed by atoms with Gasteiger partial charge in [-0.2, -0.15) is 0 Å². The number of nitrogens with zero attached hydrogens (tertiary/aromatic N) is 1. The molecule has 1 N–H and O–H groups in total. The van der Waals surface area contributed by atoms with Gasteiger partial charge in [0.2, 0.25) is 0 Å². The highest BCUT2D eigenvalue weighted by molar-refractivity contribution is 5.88. The molecule has 5 heteroatoms. The standard InChI is InChI=1S/C8H10N2O3/c1-4-10-7(11)5(2)6(9-10)8(12)13-3/h4,9H,1H2,2-3H3. The average molecular weight is 182 g/mol. The number of nitrogens with one attached hydrogen (secondary N) is 1. The normalized spacial score (nSPS) is 9.69. The molecule has 0 saturated carbocycles. The van der Waals surface area contributed by atoms with Gasteiger partial charge >= 0.3 is 5.97 Å². The summed E-state index contributed by atoms with van der Waals surface area (Å²) in [6.07, 6.45) is 1.29. The molecule has 0 aromatic carbocycles. The molecule has 0 bridgehead atoms. The molecular weight excluding hydrogens is 172 g/mol. The van der Waals surface area contributed by atoms with E-state index in [1.165, 1.54) is 13.3 Å². The summed E-state index contributed by atoms with van der Waals surface area (Å²) in [4.78, 5) is 22.4. The number of carbonyl (C=O) groups is 1. The summed E-state index contributed by atoms with van der Waals surface area (Å²) < 4.78 is 5.60. The van der Waals surface area contributed by atoms with Crippen molar-refractivity contribution in [3.8, 4) is 0 Å². The lowest BCUT2D eigenvalue weighted by molar-refractivity contribution is 0.0593. The maximum absolute atomic E-state index is 11.3. The highest BCUT2D eigenvalue weighted by Crippen LogP contribution is 2.00. The van der Waals surface area contributed by atoms with E-state index in [2.05, 4.69) is 16.4 Å². The number of esters is 1. The number of hydrogen-bond acceptors (Lipinski definition) is 3. The fraction of sp³-hybridized carbons (Fsp3) is 0.250. The Bertz CT molecular complexity index is 400. The molecule has 1 heterocycles. The van der Waals surface area contributed by atoms with E-state index in [-0.39, 0.29) is 11.3 Å². The van der Waals surface area contributed by atoms with Gasteiger partial charge in [-0.15, -0.1) is 0 Å². The highest BCUT2D eigenvalue weighted by Gasteiger charge is 2.15. The molecule has 1 rings (SSSR count). The van der Waals surface area contributed by atoms with Crippen LogP contribution in [0.5, 0.6) is 0 Å². The first-order chi connectivity index (χ1) is 6.11. The van der Waals surface area contributed by atoms with Crippen molar-refractivity contribution in [3.05, 3.63) is 28.2 Å². The van der Waals surface area contributed by atoms with Gasteiger partial charge in [0.15, 0.2) is 0 Å². The minimum Gasteiger partial charge on any atom is -0.464 e. The molecule has 0 radical (unpaired) electrons. The van der Waals surface area contributed by atoms with Crippen molar-refractivity contribution in [3.63, 3.8) is 0 Å². The first-order valence-electron chi connectivity index (χ1n) is 3.63. The van der Waals surface area contributed by atoms with Crippen LogP contribution in [0, 0.1) is 6.92 Å². The van der Waals surface area contributed by atoms with E-state index in [1.807, 2.05) is 0 Å². The number of H-pyrrole nitrogens is 1. The van der Waals surface area contributed by atoms with E-state index in [0.29, 0.717) is 5.56 Å². The van der Waals surface area contributed by atoms with Crippen LogP contribution in [-0.4, -0.2) is 22.9 Å². The van der Waals surface area contributed by atoms with E-state index in [1.54, 1.807) is 6.92 Å². The second kappa shape index (κ2) is 3.30. The molecule has 0 spiro atoms. The van der Waals surface area contributed by atoms with Crippen molar-refractivity contribution < 1.29 is 9.53 Å². The Hall–Kier alpha value is -1.78. The number of hydrogen-bond donors (Lipinski definition) is 1. The predicted octanol–water partition coefficient (Wildman–Crippen LogP) is 0.372. The average Bonchev–Trinajstić information content (AvgIpc) is 2.43. The van der Waals surface area contributed by atoms with E-state index >= 15 is 0 Å². The third kappa shape index (κ3) is 1.40. The summed E-state index contributed by atoms with van der Waals surface area (Å²) in [5, 5.41) is 2.56. The van der Waals surface area contributed by atoms with Gasteiger partial charge in [0.25, 0.3) is 5.56 Å². The van der Waals surface area contributed by atoms with Crippen LogP contribution in [0.4, 0.5) is 0 Å². The monoisotopic (exact) mass is 182 g/mol. The summed E-state index contributed by atoms with van der Waals surface area (Å²) in [5.41, 5.74) is 0.189. The fourth-order valence-electron chi connectivity index (χ4n) is 0.972. The molecule has 0 unspecified atom stereocenters. The fourth-order valence-corrected chi connectivity index (χ4v) is 0.972. The van der Waals surface area contributed by atoms with Crippen molar-refractivity contribution in [2.45, 2.75) is 6.92 Å². The smallest absolute Gasteiger partial charge is 0.356 e. The second-order valence-electron chi connectivity index (χ2n) is 2.46. The zero-order valence-electron chi connectivity index (χ0n) is 7.46. The van der Waals surface area contributed by atoms with Gasteiger partial charge in [0, 0.05) is 11.8 Å². The molecule has 5 nitrogen and oxygen atoms in total. The van der Waals surface area contributed by atoms with Crippen LogP contribution < -0.4 is 5.56 Å². The van der Waals surface area contributed by atoms with Crippen LogP contribution in [0.3, 0.4) is 0 Å². The zero-order chi connectivity index (χ0) is 10.0. The lowest BCUT2D eigenvalue weighted by Crippen LogP contribution is -2.11. The lowest BCUT2D eigenvalue weighted by atomic mass is 10.3. The Morgan fingerprint density at radius 1 is 1.69 bits per heavy atom. The van der Waals surface area contributed by atoms with Gasteiger partial charge in [0.05, 0.1) is 7.11 Å². The number of ether oxygens (including phenoxy) is 1. The van der Waals surface area contributed by atoms with Crippen LogP contribution in [0.15, 0.2) is 11.4 Å². The number of rotatable bonds is 2. The third-order valence-electron chi connectivity index (χ3n) is 1.72. The summed E-state index contributed by atoms with van der Waals surface area (Å²) in [7, 11) is 1.26. The summed E-state index contributed by atoms with van der Waals surface area (Å²) in [5.74, 6) is -0.560. The maximum atomic E-state index is 11.3. The minimum atomic E-state index is -0.560. The molecule has 13 heavy (non-hydrogen) atoms. The zero-order valence-corrected chi connectivity index (χ0v) is 7.46. The Balaban J connectivity index is 3.33. The first kappa shape index (κ1) is 9.31. The van der Waals surface area contributed by atoms with E-state index in [9.17, 15) is 9.59 Å². The Morgan fingerprint density at radius 2 is 2.31 bits per heavy atom. The number of carbonyl (C=O) groups excluding carboxylic acids is 1. The second-order valence-corrected chi connectivity index (χ2v) is 2.46. The Kier molecular flexibility index (Phi) is 2.36. The van der Waals surface area contributed by atoms with Gasteiger partial charge < -0.3 is 4.74 Å². The Labute approximate surface area is 74.6 Å². The Morgan fingerprint density at radius 3 is 2.69 bits per heavy atom. The lowest BCUT2D eigenvalue weighted by Gasteiger charge is -1.94. The molecule has 0 aliphatic rings. The molecule has 0 aliphatic carbocycles. The van der Waals surface area contributed by atoms with Crippen molar-refractivity contribution in [1.82, 2.24) is 9.78 Å². The van der Waals surface area contributed by atoms with E-state index < -0.39 is 5.97 Å². The van der Waals surface area contributed by atoms with E-state index in [4.69, 9.17) is 0 Å². The summed E-state index contributed by atoms with van der Waals surface area (Å²) in [6.45, 7) is 4.96. The summed E-state index contributed by atoms with van der Waals surface area (Å²) in [6, 6.07) is 0. The highest BCUT2D eigenvalue weighted by atomic mass is 16.5. The number of methoxy groups -OCH3 is 1. The van der Waals surface area contributed by atoms with Gasteiger partial charge in [-0.25, -0.2) is 9.48 Å². The van der Waals surface area contributed by atoms with Gasteiger partial charge in [-0.3, -0.25) is 9.89 Å².